The summed E-state index contributed by atoms with van der Waals surface area (Å²) in [5.74, 6) is 0. The van der Waals surface area contributed by atoms with E-state index in [0.29, 0.717) is 27.3 Å². The van der Waals surface area contributed by atoms with Gasteiger partial charge in [0.1, 0.15) is 0 Å². The second kappa shape index (κ2) is 5.81. The Bertz CT molecular complexity index is 518. The highest BCUT2D eigenvalue weighted by Gasteiger charge is 2.08. The van der Waals surface area contributed by atoms with Crippen LogP contribution in [0.1, 0.15) is 4.88 Å². The predicted molar refractivity (Wildman–Crippen MR) is 80.8 cm³/mol. The first kappa shape index (κ1) is 13.5. The third-order valence-electron chi connectivity index (χ3n) is 2.12. The fraction of sp³-hybridized carbons (Fsp3) is 0.0909. The van der Waals surface area contributed by atoms with Crippen molar-refractivity contribution in [3.63, 3.8) is 0 Å². The summed E-state index contributed by atoms with van der Waals surface area (Å²) in [6, 6.07) is 5.34. The van der Waals surface area contributed by atoms with Gasteiger partial charge in [0, 0.05) is 14.4 Å². The third-order valence-corrected chi connectivity index (χ3v) is 4.86. The molecule has 0 saturated carbocycles. The minimum absolute atomic E-state index is 0.523. The molecule has 0 saturated heterocycles. The van der Waals surface area contributed by atoms with E-state index in [1.54, 1.807) is 23.5 Å². The number of halogens is 4. The van der Waals surface area contributed by atoms with Gasteiger partial charge in [-0.2, -0.15) is 0 Å². The van der Waals surface area contributed by atoms with Crippen molar-refractivity contribution in [1.29, 1.82) is 0 Å². The summed E-state index contributed by atoms with van der Waals surface area (Å²) in [5, 5.41) is 6.81. The van der Waals surface area contributed by atoms with Crippen molar-refractivity contribution in [2.24, 2.45) is 0 Å². The minimum atomic E-state index is 0.523. The van der Waals surface area contributed by atoms with Crippen molar-refractivity contribution in [2.75, 3.05) is 5.32 Å². The molecule has 2 aromatic rings. The molecule has 1 heterocycles. The summed E-state index contributed by atoms with van der Waals surface area (Å²) in [7, 11) is 0. The first-order chi connectivity index (χ1) is 8.08. The molecule has 0 unspecified atom stereocenters. The fourth-order valence-electron chi connectivity index (χ4n) is 1.33. The van der Waals surface area contributed by atoms with Gasteiger partial charge in [0.05, 0.1) is 22.3 Å². The van der Waals surface area contributed by atoms with E-state index < -0.39 is 0 Å². The average Bonchev–Trinajstić information content (AvgIpc) is 2.62. The maximum atomic E-state index is 6.08. The van der Waals surface area contributed by atoms with E-state index in [9.17, 15) is 0 Å². The van der Waals surface area contributed by atoms with Crippen molar-refractivity contribution < 1.29 is 0 Å². The summed E-state index contributed by atoms with van der Waals surface area (Å²) in [4.78, 5) is 1.19. The molecule has 0 aliphatic rings. The summed E-state index contributed by atoms with van der Waals surface area (Å²) >= 11 is 23.1. The molecule has 1 aromatic heterocycles. The number of rotatable bonds is 3. The number of thiophene rings is 1. The minimum Gasteiger partial charge on any atom is -0.378 e. The summed E-state index contributed by atoms with van der Waals surface area (Å²) in [6.45, 7) is 0.666. The van der Waals surface area contributed by atoms with Gasteiger partial charge in [0.2, 0.25) is 0 Å². The molecule has 0 aliphatic carbocycles. The number of anilines is 1. The largest absolute Gasteiger partial charge is 0.378 e. The standard InChI is InChI=1S/C11H7BrCl3NS/c12-7-1-2-17-10(7)5-16-11-8(14)3-6(13)4-9(11)15/h1-4,16H,5H2. The van der Waals surface area contributed by atoms with Crippen molar-refractivity contribution >= 4 is 67.8 Å². The Balaban J connectivity index is 2.17. The Kier molecular flexibility index (Phi) is 4.61. The molecule has 2 rings (SSSR count). The summed E-state index contributed by atoms with van der Waals surface area (Å²) in [6.07, 6.45) is 0. The second-order valence-corrected chi connectivity index (χ2v) is 6.40. The van der Waals surface area contributed by atoms with Crippen LogP contribution in [0.2, 0.25) is 15.1 Å². The van der Waals surface area contributed by atoms with Crippen LogP contribution in [0.25, 0.3) is 0 Å². The number of hydrogen-bond donors (Lipinski definition) is 1. The number of hydrogen-bond acceptors (Lipinski definition) is 2. The molecule has 0 bridgehead atoms. The number of nitrogens with one attached hydrogen (secondary N) is 1. The van der Waals surface area contributed by atoms with Crippen LogP contribution in [0.5, 0.6) is 0 Å². The second-order valence-electron chi connectivity index (χ2n) is 3.29. The predicted octanol–water partition coefficient (Wildman–Crippen LogP) is 6.08. The SMILES string of the molecule is Clc1cc(Cl)c(NCc2sccc2Br)c(Cl)c1. The molecule has 6 heteroatoms. The first-order valence-corrected chi connectivity index (χ1v) is 7.49. The highest BCUT2D eigenvalue weighted by molar-refractivity contribution is 9.10. The number of benzene rings is 1. The molecule has 1 aromatic carbocycles. The van der Waals surface area contributed by atoms with E-state index in [1.165, 1.54) is 4.88 Å². The Morgan fingerprint density at radius 1 is 1.18 bits per heavy atom. The van der Waals surface area contributed by atoms with E-state index >= 15 is 0 Å². The molecule has 0 spiro atoms. The zero-order chi connectivity index (χ0) is 12.4. The van der Waals surface area contributed by atoms with Gasteiger partial charge in [-0.3, -0.25) is 0 Å². The molecule has 1 nitrogen and oxygen atoms in total. The topological polar surface area (TPSA) is 12.0 Å². The maximum absolute atomic E-state index is 6.08. The average molecular weight is 372 g/mol. The third kappa shape index (κ3) is 3.30. The van der Waals surface area contributed by atoms with Crippen LogP contribution in [-0.2, 0) is 6.54 Å². The quantitative estimate of drug-likeness (QED) is 0.689. The van der Waals surface area contributed by atoms with Crippen LogP contribution in [0.3, 0.4) is 0 Å². The van der Waals surface area contributed by atoms with E-state index in [0.717, 1.165) is 4.47 Å². The van der Waals surface area contributed by atoms with Crippen molar-refractivity contribution in [3.8, 4) is 0 Å². The van der Waals surface area contributed by atoms with Crippen LogP contribution < -0.4 is 5.32 Å². The molecule has 0 aliphatic heterocycles. The Morgan fingerprint density at radius 2 is 1.82 bits per heavy atom. The van der Waals surface area contributed by atoms with Crippen molar-refractivity contribution in [3.05, 3.63) is 48.0 Å². The molecular formula is C11H7BrCl3NS. The Hall–Kier alpha value is 0.0700. The van der Waals surface area contributed by atoms with Gasteiger partial charge in [-0.25, -0.2) is 0 Å². The highest BCUT2D eigenvalue weighted by atomic mass is 79.9. The van der Waals surface area contributed by atoms with Gasteiger partial charge in [-0.1, -0.05) is 34.8 Å². The highest BCUT2D eigenvalue weighted by Crippen LogP contribution is 2.34. The molecule has 17 heavy (non-hydrogen) atoms. The summed E-state index contributed by atoms with van der Waals surface area (Å²) in [5.41, 5.74) is 0.707. The normalized spacial score (nSPS) is 10.6. The zero-order valence-electron chi connectivity index (χ0n) is 8.44. The van der Waals surface area contributed by atoms with E-state index in [-0.39, 0.29) is 0 Å². The molecule has 90 valence electrons. The van der Waals surface area contributed by atoms with Crippen molar-refractivity contribution in [1.82, 2.24) is 0 Å². The van der Waals surface area contributed by atoms with Gasteiger partial charge in [0.25, 0.3) is 0 Å². The molecule has 0 fully saturated rings. The van der Waals surface area contributed by atoms with Crippen LogP contribution >= 0.6 is 62.1 Å². The van der Waals surface area contributed by atoms with Crippen LogP contribution in [0, 0.1) is 0 Å². The monoisotopic (exact) mass is 369 g/mol. The van der Waals surface area contributed by atoms with Crippen molar-refractivity contribution in [2.45, 2.75) is 6.54 Å². The van der Waals surface area contributed by atoms with Gasteiger partial charge in [0.15, 0.2) is 0 Å². The molecule has 0 atom stereocenters. The lowest BCUT2D eigenvalue weighted by Crippen LogP contribution is -1.99. The van der Waals surface area contributed by atoms with Gasteiger partial charge in [-0.15, -0.1) is 11.3 Å². The lowest BCUT2D eigenvalue weighted by Gasteiger charge is -2.10. The van der Waals surface area contributed by atoms with Gasteiger partial charge < -0.3 is 5.32 Å². The molecule has 0 radical (unpaired) electrons. The Labute approximate surface area is 127 Å². The lowest BCUT2D eigenvalue weighted by atomic mass is 10.3. The first-order valence-electron chi connectivity index (χ1n) is 4.68. The van der Waals surface area contributed by atoms with Crippen LogP contribution in [-0.4, -0.2) is 0 Å². The lowest BCUT2D eigenvalue weighted by molar-refractivity contribution is 1.18. The maximum Gasteiger partial charge on any atom is 0.0722 e. The summed E-state index contributed by atoms with van der Waals surface area (Å²) < 4.78 is 1.08. The van der Waals surface area contributed by atoms with Crippen LogP contribution in [0.15, 0.2) is 28.1 Å². The smallest absolute Gasteiger partial charge is 0.0722 e. The van der Waals surface area contributed by atoms with E-state index in [4.69, 9.17) is 34.8 Å². The Morgan fingerprint density at radius 3 is 2.35 bits per heavy atom. The fourth-order valence-corrected chi connectivity index (χ4v) is 3.71. The van der Waals surface area contributed by atoms with Gasteiger partial charge >= 0.3 is 0 Å². The zero-order valence-corrected chi connectivity index (χ0v) is 13.1. The van der Waals surface area contributed by atoms with E-state index in [2.05, 4.69) is 21.2 Å². The molecule has 1 N–H and O–H groups in total. The van der Waals surface area contributed by atoms with E-state index in [1.807, 2.05) is 11.4 Å². The van der Waals surface area contributed by atoms with Gasteiger partial charge in [-0.05, 0) is 39.5 Å². The molecule has 0 amide bonds. The van der Waals surface area contributed by atoms with Crippen LogP contribution in [0.4, 0.5) is 5.69 Å². The molecular weight excluding hydrogens is 364 g/mol.